The molecule has 148 valence electrons. The highest BCUT2D eigenvalue weighted by Crippen LogP contribution is 2.68. The second-order valence-electron chi connectivity index (χ2n) is 9.56. The zero-order chi connectivity index (χ0) is 19.4. The topological polar surface area (TPSA) is 60.4 Å². The fourth-order valence-corrected chi connectivity index (χ4v) is 7.92. The van der Waals surface area contributed by atoms with Crippen molar-refractivity contribution in [2.75, 3.05) is 5.33 Å². The molecule has 0 heterocycles. The lowest BCUT2D eigenvalue weighted by molar-refractivity contribution is -0.178. The number of hydrogen-bond acceptors (Lipinski definition) is 4. The first-order valence-electron chi connectivity index (χ1n) is 10.3. The van der Waals surface area contributed by atoms with Crippen LogP contribution in [0, 0.1) is 28.6 Å². The third-order valence-corrected chi connectivity index (χ3v) is 9.41. The molecule has 0 N–H and O–H groups in total. The molecule has 5 heteroatoms. The van der Waals surface area contributed by atoms with Gasteiger partial charge in [0, 0.05) is 11.8 Å². The fourth-order valence-electron chi connectivity index (χ4n) is 7.46. The summed E-state index contributed by atoms with van der Waals surface area (Å²) in [5.74, 6) is 1.79. The standard InChI is InChI=1S/C22H29BrO4/c1-20-8-5-15(25)11-14(20)3-4-16-17(20)6-9-21(2)18(16)7-10-22(21,27-13-24)19(26)12-23/h11,13,16-18H,3-10,12H2,1-2H3/t16?,17-,18-,20-,21-,22-/m0/s1. The highest BCUT2D eigenvalue weighted by atomic mass is 79.9. The van der Waals surface area contributed by atoms with Crippen LogP contribution in [0.5, 0.6) is 0 Å². The van der Waals surface area contributed by atoms with E-state index < -0.39 is 5.60 Å². The van der Waals surface area contributed by atoms with Gasteiger partial charge in [-0.1, -0.05) is 35.4 Å². The lowest BCUT2D eigenvalue weighted by Crippen LogP contribution is -2.58. The Morgan fingerprint density at radius 2 is 1.93 bits per heavy atom. The first kappa shape index (κ1) is 19.4. The number of fused-ring (bicyclic) bond motifs is 5. The largest absolute Gasteiger partial charge is 0.453 e. The molecule has 0 aliphatic heterocycles. The van der Waals surface area contributed by atoms with Crippen molar-refractivity contribution in [2.24, 2.45) is 28.6 Å². The average molecular weight is 437 g/mol. The number of alkyl halides is 1. The van der Waals surface area contributed by atoms with Gasteiger partial charge in [-0.3, -0.25) is 14.4 Å². The average Bonchev–Trinajstić information content (AvgIpc) is 2.95. The van der Waals surface area contributed by atoms with Crippen molar-refractivity contribution in [1.29, 1.82) is 0 Å². The Kier molecular flexibility index (Phi) is 4.68. The predicted octanol–water partition coefficient (Wildman–Crippen LogP) is 4.39. The quantitative estimate of drug-likeness (QED) is 0.484. The molecule has 3 fully saturated rings. The second-order valence-corrected chi connectivity index (χ2v) is 10.1. The third kappa shape index (κ3) is 2.49. The molecule has 4 nitrogen and oxygen atoms in total. The van der Waals surface area contributed by atoms with E-state index in [0.29, 0.717) is 37.1 Å². The number of carbonyl (C=O) groups excluding carboxylic acids is 3. The van der Waals surface area contributed by atoms with Crippen LogP contribution in [0.1, 0.15) is 65.2 Å². The minimum absolute atomic E-state index is 0.00363. The Labute approximate surface area is 169 Å². The van der Waals surface area contributed by atoms with Crippen molar-refractivity contribution < 1.29 is 19.1 Å². The molecule has 0 saturated heterocycles. The van der Waals surface area contributed by atoms with Crippen molar-refractivity contribution in [3.63, 3.8) is 0 Å². The van der Waals surface area contributed by atoms with Crippen molar-refractivity contribution >= 4 is 34.0 Å². The van der Waals surface area contributed by atoms with Crippen molar-refractivity contribution in [1.82, 2.24) is 0 Å². The van der Waals surface area contributed by atoms with Gasteiger partial charge >= 0.3 is 0 Å². The molecular formula is C22H29BrO4. The van der Waals surface area contributed by atoms with Gasteiger partial charge in [0.05, 0.1) is 5.33 Å². The Morgan fingerprint density at radius 1 is 1.19 bits per heavy atom. The van der Waals surface area contributed by atoms with Crippen molar-refractivity contribution in [3.8, 4) is 0 Å². The van der Waals surface area contributed by atoms with Gasteiger partial charge in [-0.05, 0) is 74.2 Å². The van der Waals surface area contributed by atoms with Crippen LogP contribution in [0.25, 0.3) is 0 Å². The van der Waals surface area contributed by atoms with E-state index in [1.54, 1.807) is 0 Å². The van der Waals surface area contributed by atoms with Crippen LogP contribution in [-0.2, 0) is 19.1 Å². The number of hydrogen-bond donors (Lipinski definition) is 0. The maximum absolute atomic E-state index is 12.9. The van der Waals surface area contributed by atoms with Gasteiger partial charge in [-0.2, -0.15) is 0 Å². The summed E-state index contributed by atoms with van der Waals surface area (Å²) in [7, 11) is 0. The van der Waals surface area contributed by atoms with Crippen LogP contribution in [0.2, 0.25) is 0 Å². The minimum Gasteiger partial charge on any atom is -0.453 e. The molecule has 6 atom stereocenters. The predicted molar refractivity (Wildman–Crippen MR) is 105 cm³/mol. The van der Waals surface area contributed by atoms with Crippen LogP contribution in [0.3, 0.4) is 0 Å². The molecule has 0 aromatic carbocycles. The molecule has 1 unspecified atom stereocenters. The van der Waals surface area contributed by atoms with Gasteiger partial charge in [0.1, 0.15) is 0 Å². The van der Waals surface area contributed by atoms with Crippen molar-refractivity contribution in [3.05, 3.63) is 11.6 Å². The first-order valence-corrected chi connectivity index (χ1v) is 11.4. The number of Topliss-reactive ketones (excluding diaryl/α,β-unsaturated/α-hetero) is 1. The molecule has 4 aliphatic carbocycles. The van der Waals surface area contributed by atoms with E-state index in [9.17, 15) is 14.4 Å². The summed E-state index contributed by atoms with van der Waals surface area (Å²) in [6, 6.07) is 0. The number of rotatable bonds is 4. The molecule has 4 rings (SSSR count). The molecule has 0 spiro atoms. The lowest BCUT2D eigenvalue weighted by atomic mass is 9.46. The number of ether oxygens (including phenoxy) is 1. The molecule has 0 bridgehead atoms. The summed E-state index contributed by atoms with van der Waals surface area (Å²) in [5, 5.41) is 0.226. The summed E-state index contributed by atoms with van der Waals surface area (Å²) in [6.45, 7) is 5.03. The van der Waals surface area contributed by atoms with Crippen LogP contribution in [0.4, 0.5) is 0 Å². The van der Waals surface area contributed by atoms with Gasteiger partial charge in [0.15, 0.2) is 17.2 Å². The summed E-state index contributed by atoms with van der Waals surface area (Å²) in [4.78, 5) is 36.2. The van der Waals surface area contributed by atoms with Crippen LogP contribution in [0.15, 0.2) is 11.6 Å². The van der Waals surface area contributed by atoms with E-state index in [1.165, 1.54) is 5.57 Å². The number of allylic oxidation sites excluding steroid dienone is 1. The van der Waals surface area contributed by atoms with Crippen LogP contribution in [-0.4, -0.2) is 29.0 Å². The maximum atomic E-state index is 12.9. The lowest BCUT2D eigenvalue weighted by Gasteiger charge is -2.59. The van der Waals surface area contributed by atoms with E-state index in [1.807, 2.05) is 6.08 Å². The zero-order valence-corrected chi connectivity index (χ0v) is 17.8. The number of carbonyl (C=O) groups is 3. The number of ketones is 2. The first-order chi connectivity index (χ1) is 12.8. The molecule has 0 radical (unpaired) electrons. The Hall–Kier alpha value is -0.970. The van der Waals surface area contributed by atoms with Crippen LogP contribution < -0.4 is 0 Å². The highest BCUT2D eigenvalue weighted by Gasteiger charge is 2.67. The second kappa shape index (κ2) is 6.53. The minimum atomic E-state index is -0.979. The smallest absolute Gasteiger partial charge is 0.294 e. The van der Waals surface area contributed by atoms with Gasteiger partial charge in [0.25, 0.3) is 6.47 Å². The van der Waals surface area contributed by atoms with Crippen LogP contribution >= 0.6 is 15.9 Å². The molecule has 0 aromatic heterocycles. The Balaban J connectivity index is 1.70. The summed E-state index contributed by atoms with van der Waals surface area (Å²) >= 11 is 3.31. The van der Waals surface area contributed by atoms with E-state index in [-0.39, 0.29) is 27.7 Å². The van der Waals surface area contributed by atoms with Crippen molar-refractivity contribution in [2.45, 2.75) is 70.8 Å². The Bertz CT molecular complexity index is 715. The molecule has 3 saturated carbocycles. The van der Waals surface area contributed by atoms with Gasteiger partial charge in [-0.25, -0.2) is 0 Å². The van der Waals surface area contributed by atoms with Gasteiger partial charge in [-0.15, -0.1) is 0 Å². The highest BCUT2D eigenvalue weighted by molar-refractivity contribution is 9.09. The maximum Gasteiger partial charge on any atom is 0.294 e. The molecule has 0 aromatic rings. The van der Waals surface area contributed by atoms with Gasteiger partial charge < -0.3 is 4.74 Å². The summed E-state index contributed by atoms with van der Waals surface area (Å²) in [5.41, 5.74) is 0.206. The third-order valence-electron chi connectivity index (χ3n) is 8.90. The van der Waals surface area contributed by atoms with Gasteiger partial charge in [0.2, 0.25) is 0 Å². The van der Waals surface area contributed by atoms with E-state index in [2.05, 4.69) is 29.8 Å². The Morgan fingerprint density at radius 3 is 2.63 bits per heavy atom. The fraction of sp³-hybridized carbons (Fsp3) is 0.773. The summed E-state index contributed by atoms with van der Waals surface area (Å²) < 4.78 is 5.63. The molecular weight excluding hydrogens is 408 g/mol. The molecule has 27 heavy (non-hydrogen) atoms. The van der Waals surface area contributed by atoms with E-state index in [4.69, 9.17) is 4.74 Å². The summed E-state index contributed by atoms with van der Waals surface area (Å²) in [6.07, 6.45) is 9.14. The monoisotopic (exact) mass is 436 g/mol. The molecule has 0 amide bonds. The number of halogens is 1. The van der Waals surface area contributed by atoms with E-state index in [0.717, 1.165) is 38.5 Å². The normalized spacial score (nSPS) is 46.0. The SMILES string of the molecule is C[C@]12CCC(=O)C=C1CCC1[C@@H]2CC[C@@]2(C)[C@H]1CC[C@]2(OC=O)C(=O)CBr. The molecule has 4 aliphatic rings. The zero-order valence-electron chi connectivity index (χ0n) is 16.3. The van der Waals surface area contributed by atoms with E-state index >= 15 is 0 Å².